The maximum Gasteiger partial charge on any atom is 0.223 e. The van der Waals surface area contributed by atoms with Gasteiger partial charge in [0.15, 0.2) is 5.82 Å². The first-order valence-corrected chi connectivity index (χ1v) is 5.01. The third-order valence-electron chi connectivity index (χ3n) is 2.48. The zero-order chi connectivity index (χ0) is 9.97. The van der Waals surface area contributed by atoms with Gasteiger partial charge in [-0.05, 0) is 19.4 Å². The number of aromatic nitrogens is 2. The van der Waals surface area contributed by atoms with Crippen LogP contribution in [0, 0.1) is 6.92 Å². The van der Waals surface area contributed by atoms with Crippen molar-refractivity contribution in [2.45, 2.75) is 32.4 Å². The Labute approximate surface area is 83.3 Å². The summed E-state index contributed by atoms with van der Waals surface area (Å²) in [5, 5.41) is 3.87. The second-order valence-electron chi connectivity index (χ2n) is 3.87. The van der Waals surface area contributed by atoms with Crippen molar-refractivity contribution >= 4 is 0 Å². The molecule has 1 saturated heterocycles. The van der Waals surface area contributed by atoms with Crippen LogP contribution in [-0.2, 0) is 6.54 Å². The Morgan fingerprint density at radius 2 is 2.50 bits per heavy atom. The summed E-state index contributed by atoms with van der Waals surface area (Å²) in [6.45, 7) is 4.58. The number of hydrogen-bond donors (Lipinski definition) is 1. The number of nitrogens with two attached hydrogens (primary N) is 1. The lowest BCUT2D eigenvalue weighted by atomic mass is 10.1. The molecule has 1 aromatic heterocycles. The van der Waals surface area contributed by atoms with E-state index < -0.39 is 0 Å². The maximum atomic E-state index is 5.88. The van der Waals surface area contributed by atoms with Crippen molar-refractivity contribution in [2.24, 2.45) is 5.73 Å². The molecule has 0 unspecified atom stereocenters. The molecule has 14 heavy (non-hydrogen) atoms. The molecule has 2 rings (SSSR count). The predicted molar refractivity (Wildman–Crippen MR) is 51.5 cm³/mol. The molecule has 5 heteroatoms. The van der Waals surface area contributed by atoms with Gasteiger partial charge in [0, 0.05) is 19.5 Å². The molecular formula is C9H16N4O. The molecule has 0 amide bonds. The molecule has 1 aliphatic heterocycles. The van der Waals surface area contributed by atoms with E-state index in [0.717, 1.165) is 38.3 Å². The molecule has 1 aliphatic rings. The molecule has 2 heterocycles. The van der Waals surface area contributed by atoms with Crippen LogP contribution >= 0.6 is 0 Å². The highest BCUT2D eigenvalue weighted by Crippen LogP contribution is 2.10. The molecule has 78 valence electrons. The van der Waals surface area contributed by atoms with E-state index in [0.29, 0.717) is 11.9 Å². The van der Waals surface area contributed by atoms with Crippen LogP contribution in [0.4, 0.5) is 0 Å². The van der Waals surface area contributed by atoms with E-state index in [1.54, 1.807) is 6.92 Å². The summed E-state index contributed by atoms with van der Waals surface area (Å²) in [5.74, 6) is 1.39. The fraction of sp³-hybridized carbons (Fsp3) is 0.778. The Morgan fingerprint density at radius 3 is 3.14 bits per heavy atom. The first-order valence-electron chi connectivity index (χ1n) is 5.01. The molecule has 5 nitrogen and oxygen atoms in total. The number of likely N-dealkylation sites (tertiary alicyclic amines) is 1. The van der Waals surface area contributed by atoms with E-state index in [2.05, 4.69) is 15.0 Å². The van der Waals surface area contributed by atoms with Gasteiger partial charge in [0.2, 0.25) is 5.89 Å². The largest absolute Gasteiger partial charge is 0.340 e. The smallest absolute Gasteiger partial charge is 0.223 e. The Hall–Kier alpha value is -0.940. The van der Waals surface area contributed by atoms with Crippen LogP contribution < -0.4 is 5.73 Å². The van der Waals surface area contributed by atoms with E-state index in [1.807, 2.05) is 0 Å². The fourth-order valence-corrected chi connectivity index (χ4v) is 1.84. The van der Waals surface area contributed by atoms with Crippen LogP contribution in [0.2, 0.25) is 0 Å². The van der Waals surface area contributed by atoms with Crippen molar-refractivity contribution in [3.8, 4) is 0 Å². The molecule has 0 spiro atoms. The summed E-state index contributed by atoms with van der Waals surface area (Å²) in [7, 11) is 0. The van der Waals surface area contributed by atoms with Gasteiger partial charge in [-0.1, -0.05) is 5.16 Å². The van der Waals surface area contributed by atoms with E-state index in [-0.39, 0.29) is 0 Å². The Balaban J connectivity index is 1.90. The maximum absolute atomic E-state index is 5.88. The van der Waals surface area contributed by atoms with Gasteiger partial charge < -0.3 is 10.3 Å². The Bertz CT molecular complexity index is 299. The number of rotatable bonds is 2. The van der Waals surface area contributed by atoms with Crippen molar-refractivity contribution < 1.29 is 4.52 Å². The van der Waals surface area contributed by atoms with Gasteiger partial charge in [0.25, 0.3) is 0 Å². The predicted octanol–water partition coefficient (Wildman–Crippen LogP) is 0.301. The van der Waals surface area contributed by atoms with Crippen molar-refractivity contribution in [3.05, 3.63) is 11.7 Å². The first kappa shape index (κ1) is 9.61. The molecule has 0 saturated carbocycles. The van der Waals surface area contributed by atoms with Crippen molar-refractivity contribution in [1.82, 2.24) is 15.0 Å². The molecular weight excluding hydrogens is 180 g/mol. The van der Waals surface area contributed by atoms with Crippen LogP contribution in [0.1, 0.15) is 24.6 Å². The number of nitrogens with zero attached hydrogens (tertiary/aromatic N) is 3. The van der Waals surface area contributed by atoms with Gasteiger partial charge in [0.1, 0.15) is 0 Å². The monoisotopic (exact) mass is 196 g/mol. The first-order chi connectivity index (χ1) is 6.74. The number of piperidine rings is 1. The van der Waals surface area contributed by atoms with E-state index in [9.17, 15) is 0 Å². The minimum absolute atomic E-state index is 0.303. The van der Waals surface area contributed by atoms with Crippen LogP contribution in [0.3, 0.4) is 0 Å². The van der Waals surface area contributed by atoms with Crippen molar-refractivity contribution in [2.75, 3.05) is 13.1 Å². The van der Waals surface area contributed by atoms with Crippen LogP contribution in [0.15, 0.2) is 4.52 Å². The lowest BCUT2D eigenvalue weighted by Gasteiger charge is -2.29. The Morgan fingerprint density at radius 1 is 1.64 bits per heavy atom. The van der Waals surface area contributed by atoms with Crippen molar-refractivity contribution in [3.63, 3.8) is 0 Å². The molecule has 1 atom stereocenters. The lowest BCUT2D eigenvalue weighted by Crippen LogP contribution is -2.42. The minimum atomic E-state index is 0.303. The molecule has 1 fully saturated rings. The summed E-state index contributed by atoms with van der Waals surface area (Å²) >= 11 is 0. The molecule has 0 aliphatic carbocycles. The topological polar surface area (TPSA) is 68.2 Å². The standard InChI is InChI=1S/C9H16N4O/c1-7-11-9(12-14-7)6-13-4-2-3-8(10)5-13/h8H,2-6,10H2,1H3/t8-/m0/s1. The summed E-state index contributed by atoms with van der Waals surface area (Å²) < 4.78 is 4.91. The average Bonchev–Trinajstić information content (AvgIpc) is 2.51. The highest BCUT2D eigenvalue weighted by Gasteiger charge is 2.18. The van der Waals surface area contributed by atoms with Gasteiger partial charge in [0.05, 0.1) is 6.54 Å². The quantitative estimate of drug-likeness (QED) is 0.736. The van der Waals surface area contributed by atoms with Gasteiger partial charge in [-0.2, -0.15) is 4.98 Å². The average molecular weight is 196 g/mol. The molecule has 0 radical (unpaired) electrons. The van der Waals surface area contributed by atoms with Crippen LogP contribution in [0.5, 0.6) is 0 Å². The van der Waals surface area contributed by atoms with Gasteiger partial charge >= 0.3 is 0 Å². The zero-order valence-corrected chi connectivity index (χ0v) is 8.44. The highest BCUT2D eigenvalue weighted by molar-refractivity contribution is 4.86. The van der Waals surface area contributed by atoms with E-state index >= 15 is 0 Å². The van der Waals surface area contributed by atoms with Gasteiger partial charge in [-0.3, -0.25) is 4.90 Å². The number of hydrogen-bond acceptors (Lipinski definition) is 5. The fourth-order valence-electron chi connectivity index (χ4n) is 1.84. The third kappa shape index (κ3) is 2.30. The summed E-state index contributed by atoms with van der Waals surface area (Å²) in [6.07, 6.45) is 2.29. The lowest BCUT2D eigenvalue weighted by molar-refractivity contribution is 0.195. The SMILES string of the molecule is Cc1nc(CN2CCC[C@H](N)C2)no1. The molecule has 0 bridgehead atoms. The second-order valence-corrected chi connectivity index (χ2v) is 3.87. The van der Waals surface area contributed by atoms with E-state index in [1.165, 1.54) is 0 Å². The van der Waals surface area contributed by atoms with Crippen LogP contribution in [0.25, 0.3) is 0 Å². The Kier molecular flexibility index (Phi) is 2.79. The summed E-state index contributed by atoms with van der Waals surface area (Å²) in [6, 6.07) is 0.303. The third-order valence-corrected chi connectivity index (χ3v) is 2.48. The van der Waals surface area contributed by atoms with E-state index in [4.69, 9.17) is 10.3 Å². The normalized spacial score (nSPS) is 24.0. The molecule has 2 N–H and O–H groups in total. The molecule has 0 aromatic carbocycles. The minimum Gasteiger partial charge on any atom is -0.340 e. The highest BCUT2D eigenvalue weighted by atomic mass is 16.5. The summed E-state index contributed by atoms with van der Waals surface area (Å²) in [4.78, 5) is 6.45. The van der Waals surface area contributed by atoms with Crippen LogP contribution in [-0.4, -0.2) is 34.2 Å². The second kappa shape index (κ2) is 4.06. The van der Waals surface area contributed by atoms with Gasteiger partial charge in [-0.15, -0.1) is 0 Å². The van der Waals surface area contributed by atoms with Crippen molar-refractivity contribution in [1.29, 1.82) is 0 Å². The number of aryl methyl sites for hydroxylation is 1. The summed E-state index contributed by atoms with van der Waals surface area (Å²) in [5.41, 5.74) is 5.88. The molecule has 1 aromatic rings. The van der Waals surface area contributed by atoms with Gasteiger partial charge in [-0.25, -0.2) is 0 Å². The zero-order valence-electron chi connectivity index (χ0n) is 8.44.